The van der Waals surface area contributed by atoms with E-state index in [-0.39, 0.29) is 0 Å². The van der Waals surface area contributed by atoms with Crippen LogP contribution in [0.25, 0.3) is 0 Å². The number of nitrogens with two attached hydrogens (primary N) is 1. The van der Waals surface area contributed by atoms with Gasteiger partial charge in [-0.3, -0.25) is 0 Å². The van der Waals surface area contributed by atoms with E-state index in [0.717, 1.165) is 30.6 Å². The molecule has 14 heavy (non-hydrogen) atoms. The SMILES string of the molecule is CC1CN(c2ccccc2N)CC1C. The van der Waals surface area contributed by atoms with E-state index in [1.807, 2.05) is 12.1 Å². The molecule has 0 amide bonds. The summed E-state index contributed by atoms with van der Waals surface area (Å²) in [5.74, 6) is 1.55. The van der Waals surface area contributed by atoms with Crippen LogP contribution in [0.5, 0.6) is 0 Å². The second-order valence-electron chi connectivity index (χ2n) is 4.42. The molecule has 76 valence electrons. The molecule has 2 rings (SSSR count). The highest BCUT2D eigenvalue weighted by Gasteiger charge is 2.26. The molecule has 0 radical (unpaired) electrons. The molecule has 1 aromatic rings. The number of hydrogen-bond acceptors (Lipinski definition) is 2. The highest BCUT2D eigenvalue weighted by molar-refractivity contribution is 5.67. The van der Waals surface area contributed by atoms with E-state index in [4.69, 9.17) is 5.73 Å². The molecule has 2 atom stereocenters. The first-order chi connectivity index (χ1) is 6.68. The summed E-state index contributed by atoms with van der Waals surface area (Å²) >= 11 is 0. The van der Waals surface area contributed by atoms with E-state index < -0.39 is 0 Å². The Balaban J connectivity index is 2.21. The van der Waals surface area contributed by atoms with Crippen LogP contribution in [0.2, 0.25) is 0 Å². The second-order valence-corrected chi connectivity index (χ2v) is 4.42. The molecule has 1 saturated heterocycles. The molecule has 1 aliphatic heterocycles. The van der Waals surface area contributed by atoms with Gasteiger partial charge < -0.3 is 10.6 Å². The molecule has 0 bridgehead atoms. The Bertz CT molecular complexity index is 312. The first kappa shape index (κ1) is 9.38. The van der Waals surface area contributed by atoms with Crippen LogP contribution in [0.4, 0.5) is 11.4 Å². The van der Waals surface area contributed by atoms with Crippen LogP contribution < -0.4 is 10.6 Å². The molecule has 2 unspecified atom stereocenters. The van der Waals surface area contributed by atoms with Crippen molar-refractivity contribution in [2.45, 2.75) is 13.8 Å². The zero-order valence-electron chi connectivity index (χ0n) is 8.90. The van der Waals surface area contributed by atoms with Crippen LogP contribution >= 0.6 is 0 Å². The summed E-state index contributed by atoms with van der Waals surface area (Å²) in [6.45, 7) is 6.89. The van der Waals surface area contributed by atoms with Crippen LogP contribution in [-0.2, 0) is 0 Å². The molecule has 2 heteroatoms. The number of anilines is 2. The standard InChI is InChI=1S/C12H18N2/c1-9-7-14(8-10(9)2)12-6-4-3-5-11(12)13/h3-6,9-10H,7-8,13H2,1-2H3. The lowest BCUT2D eigenvalue weighted by molar-refractivity contribution is 0.494. The van der Waals surface area contributed by atoms with Crippen molar-refractivity contribution < 1.29 is 0 Å². The van der Waals surface area contributed by atoms with Crippen molar-refractivity contribution in [2.24, 2.45) is 11.8 Å². The van der Waals surface area contributed by atoms with E-state index in [1.165, 1.54) is 5.69 Å². The third-order valence-corrected chi connectivity index (χ3v) is 3.27. The van der Waals surface area contributed by atoms with Crippen molar-refractivity contribution in [1.29, 1.82) is 0 Å². The Hall–Kier alpha value is -1.18. The van der Waals surface area contributed by atoms with Gasteiger partial charge in [-0.2, -0.15) is 0 Å². The van der Waals surface area contributed by atoms with Crippen molar-refractivity contribution >= 4 is 11.4 Å². The van der Waals surface area contributed by atoms with E-state index in [9.17, 15) is 0 Å². The van der Waals surface area contributed by atoms with Gasteiger partial charge in [0.15, 0.2) is 0 Å². The molecule has 2 N–H and O–H groups in total. The van der Waals surface area contributed by atoms with Crippen molar-refractivity contribution in [3.05, 3.63) is 24.3 Å². The Morgan fingerprint density at radius 1 is 1.14 bits per heavy atom. The lowest BCUT2D eigenvalue weighted by atomic mass is 10.0. The van der Waals surface area contributed by atoms with Gasteiger partial charge in [0, 0.05) is 13.1 Å². The predicted molar refractivity (Wildman–Crippen MR) is 61.4 cm³/mol. The summed E-state index contributed by atoms with van der Waals surface area (Å²) in [6.07, 6.45) is 0. The number of rotatable bonds is 1. The second kappa shape index (κ2) is 3.52. The minimum absolute atomic E-state index is 0.773. The number of para-hydroxylation sites is 2. The lowest BCUT2D eigenvalue weighted by Gasteiger charge is -2.20. The van der Waals surface area contributed by atoms with E-state index >= 15 is 0 Å². The van der Waals surface area contributed by atoms with Gasteiger partial charge in [-0.15, -0.1) is 0 Å². The normalized spacial score (nSPS) is 26.9. The van der Waals surface area contributed by atoms with Crippen LogP contribution in [0, 0.1) is 11.8 Å². The minimum Gasteiger partial charge on any atom is -0.397 e. The fourth-order valence-electron chi connectivity index (χ4n) is 2.10. The van der Waals surface area contributed by atoms with Gasteiger partial charge in [-0.05, 0) is 24.0 Å². The van der Waals surface area contributed by atoms with Crippen molar-refractivity contribution in [3.63, 3.8) is 0 Å². The molecule has 1 aliphatic rings. The van der Waals surface area contributed by atoms with Crippen molar-refractivity contribution in [3.8, 4) is 0 Å². The van der Waals surface area contributed by atoms with Crippen LogP contribution in [0.3, 0.4) is 0 Å². The Morgan fingerprint density at radius 3 is 2.29 bits per heavy atom. The summed E-state index contributed by atoms with van der Waals surface area (Å²) in [5, 5.41) is 0. The zero-order valence-corrected chi connectivity index (χ0v) is 8.90. The highest BCUT2D eigenvalue weighted by atomic mass is 15.2. The van der Waals surface area contributed by atoms with Crippen LogP contribution in [0.1, 0.15) is 13.8 Å². The monoisotopic (exact) mass is 190 g/mol. The Kier molecular flexibility index (Phi) is 2.36. The summed E-state index contributed by atoms with van der Waals surface area (Å²) in [6, 6.07) is 8.13. The molecule has 0 spiro atoms. The fraction of sp³-hybridized carbons (Fsp3) is 0.500. The Labute approximate surface area is 85.7 Å². The molecule has 1 fully saturated rings. The predicted octanol–water partition coefficient (Wildman–Crippen LogP) is 2.36. The summed E-state index contributed by atoms with van der Waals surface area (Å²) in [7, 11) is 0. The average Bonchev–Trinajstić information content (AvgIpc) is 2.48. The fourth-order valence-corrected chi connectivity index (χ4v) is 2.10. The van der Waals surface area contributed by atoms with Crippen LogP contribution in [0.15, 0.2) is 24.3 Å². The van der Waals surface area contributed by atoms with E-state index in [2.05, 4.69) is 30.9 Å². The molecule has 0 saturated carbocycles. The maximum absolute atomic E-state index is 5.95. The largest absolute Gasteiger partial charge is 0.397 e. The summed E-state index contributed by atoms with van der Waals surface area (Å²) in [5.41, 5.74) is 8.04. The molecule has 1 heterocycles. The van der Waals surface area contributed by atoms with E-state index in [1.54, 1.807) is 0 Å². The molecular formula is C12H18N2. The lowest BCUT2D eigenvalue weighted by Crippen LogP contribution is -2.20. The maximum Gasteiger partial charge on any atom is 0.0600 e. The molecule has 2 nitrogen and oxygen atoms in total. The first-order valence-electron chi connectivity index (χ1n) is 5.28. The third kappa shape index (κ3) is 1.57. The quantitative estimate of drug-likeness (QED) is 0.689. The topological polar surface area (TPSA) is 29.3 Å². The summed E-state index contributed by atoms with van der Waals surface area (Å²) < 4.78 is 0. The van der Waals surface area contributed by atoms with Crippen LogP contribution in [-0.4, -0.2) is 13.1 Å². The maximum atomic E-state index is 5.95. The zero-order chi connectivity index (χ0) is 10.1. The van der Waals surface area contributed by atoms with E-state index in [0.29, 0.717) is 0 Å². The van der Waals surface area contributed by atoms with Gasteiger partial charge in [-0.25, -0.2) is 0 Å². The van der Waals surface area contributed by atoms with Gasteiger partial charge in [-0.1, -0.05) is 26.0 Å². The molecule has 0 aromatic heterocycles. The Morgan fingerprint density at radius 2 is 1.71 bits per heavy atom. The average molecular weight is 190 g/mol. The number of nitrogens with zero attached hydrogens (tertiary/aromatic N) is 1. The van der Waals surface area contributed by atoms with Gasteiger partial charge in [0.25, 0.3) is 0 Å². The molecule has 1 aromatic carbocycles. The minimum atomic E-state index is 0.773. The van der Waals surface area contributed by atoms with Gasteiger partial charge in [0.2, 0.25) is 0 Å². The first-order valence-corrected chi connectivity index (χ1v) is 5.28. The third-order valence-electron chi connectivity index (χ3n) is 3.27. The van der Waals surface area contributed by atoms with Crippen molar-refractivity contribution in [1.82, 2.24) is 0 Å². The van der Waals surface area contributed by atoms with Crippen molar-refractivity contribution in [2.75, 3.05) is 23.7 Å². The smallest absolute Gasteiger partial charge is 0.0600 e. The number of nitrogen functional groups attached to an aromatic ring is 1. The van der Waals surface area contributed by atoms with Gasteiger partial charge in [0.1, 0.15) is 0 Å². The molecule has 0 aliphatic carbocycles. The van der Waals surface area contributed by atoms with Gasteiger partial charge >= 0.3 is 0 Å². The number of hydrogen-bond donors (Lipinski definition) is 1. The van der Waals surface area contributed by atoms with Gasteiger partial charge in [0.05, 0.1) is 11.4 Å². The number of benzene rings is 1. The molecular weight excluding hydrogens is 172 g/mol. The highest BCUT2D eigenvalue weighted by Crippen LogP contribution is 2.30. The summed E-state index contributed by atoms with van der Waals surface area (Å²) in [4.78, 5) is 2.39.